The third-order valence-corrected chi connectivity index (χ3v) is 6.05. The Hall–Kier alpha value is -2.38. The highest BCUT2D eigenvalue weighted by Gasteiger charge is 2.17. The van der Waals surface area contributed by atoms with Gasteiger partial charge in [0.1, 0.15) is 5.56 Å². The summed E-state index contributed by atoms with van der Waals surface area (Å²) in [7, 11) is 0. The van der Waals surface area contributed by atoms with Crippen LogP contribution in [0.3, 0.4) is 0 Å². The maximum atomic E-state index is 12.7. The average molecular weight is 458 g/mol. The lowest BCUT2D eigenvalue weighted by Crippen LogP contribution is -2.30. The smallest absolute Gasteiger partial charge is 0.257 e. The van der Waals surface area contributed by atoms with Crippen molar-refractivity contribution in [2.45, 2.75) is 25.3 Å². The molecule has 0 aliphatic heterocycles. The first kappa shape index (κ1) is 20.4. The van der Waals surface area contributed by atoms with Crippen LogP contribution in [-0.4, -0.2) is 21.7 Å². The van der Waals surface area contributed by atoms with E-state index in [1.807, 2.05) is 50.4 Å². The first-order chi connectivity index (χ1) is 13.4. The molecule has 0 unspecified atom stereocenters. The minimum atomic E-state index is -0.408. The molecule has 0 aliphatic carbocycles. The Morgan fingerprint density at radius 1 is 1.21 bits per heavy atom. The van der Waals surface area contributed by atoms with E-state index in [-0.39, 0.29) is 11.0 Å². The molecule has 3 aromatic rings. The molecule has 1 N–H and O–H groups in total. The average Bonchev–Trinajstić information content (AvgIpc) is 2.71. The lowest BCUT2D eigenvalue weighted by Gasteiger charge is -2.15. The van der Waals surface area contributed by atoms with Gasteiger partial charge in [-0.3, -0.25) is 14.6 Å². The van der Waals surface area contributed by atoms with E-state index >= 15 is 0 Å². The van der Waals surface area contributed by atoms with E-state index in [0.717, 1.165) is 21.7 Å². The molecule has 0 radical (unpaired) electrons. The molecule has 0 spiro atoms. The summed E-state index contributed by atoms with van der Waals surface area (Å²) in [5, 5.41) is 2.83. The van der Waals surface area contributed by atoms with Crippen molar-refractivity contribution >= 4 is 33.6 Å². The maximum Gasteiger partial charge on any atom is 0.257 e. The Bertz CT molecular complexity index is 1080. The largest absolute Gasteiger partial charge is 0.348 e. The predicted molar refractivity (Wildman–Crippen MR) is 116 cm³/mol. The van der Waals surface area contributed by atoms with E-state index in [4.69, 9.17) is 0 Å². The lowest BCUT2D eigenvalue weighted by atomic mass is 10.2. The quantitative estimate of drug-likeness (QED) is 0.581. The van der Waals surface area contributed by atoms with Crippen LogP contribution in [0.2, 0.25) is 0 Å². The molecular weight excluding hydrogens is 438 g/mol. The number of rotatable bonds is 5. The molecule has 2 aromatic heterocycles. The van der Waals surface area contributed by atoms with Crippen molar-refractivity contribution in [2.24, 2.45) is 0 Å². The Kier molecular flexibility index (Phi) is 6.36. The highest BCUT2D eigenvalue weighted by Crippen LogP contribution is 2.18. The minimum Gasteiger partial charge on any atom is -0.348 e. The molecule has 7 heteroatoms. The number of halogens is 1. The van der Waals surface area contributed by atoms with Crippen molar-refractivity contribution in [1.82, 2.24) is 14.9 Å². The van der Waals surface area contributed by atoms with Gasteiger partial charge in [0.15, 0.2) is 0 Å². The van der Waals surface area contributed by atoms with Gasteiger partial charge in [-0.2, -0.15) is 0 Å². The number of carbonyl (C=O) groups is 1. The summed E-state index contributed by atoms with van der Waals surface area (Å²) in [4.78, 5) is 30.7. The predicted octanol–water partition coefficient (Wildman–Crippen LogP) is 4.26. The van der Waals surface area contributed by atoms with E-state index in [2.05, 4.69) is 26.2 Å². The van der Waals surface area contributed by atoms with Gasteiger partial charge in [-0.25, -0.2) is 0 Å². The first-order valence-electron chi connectivity index (χ1n) is 8.65. The van der Waals surface area contributed by atoms with E-state index < -0.39 is 5.91 Å². The molecule has 0 saturated carbocycles. The Morgan fingerprint density at radius 3 is 2.57 bits per heavy atom. The molecule has 0 aliphatic rings. The van der Waals surface area contributed by atoms with Gasteiger partial charge in [-0.1, -0.05) is 12.1 Å². The SMILES string of the molecule is CSc1ccc(CNC(=O)c2cn(-c3cncc(C)c3)c(C)c(Br)c2=O)cc1. The molecule has 0 bridgehead atoms. The molecule has 1 amide bonds. The van der Waals surface area contributed by atoms with E-state index in [0.29, 0.717) is 16.7 Å². The van der Waals surface area contributed by atoms with Gasteiger partial charge in [0, 0.05) is 29.5 Å². The molecule has 0 saturated heterocycles. The number of aromatic nitrogens is 2. The van der Waals surface area contributed by atoms with Crippen LogP contribution in [-0.2, 0) is 6.54 Å². The van der Waals surface area contributed by atoms with Crippen molar-refractivity contribution in [3.63, 3.8) is 0 Å². The normalized spacial score (nSPS) is 10.7. The van der Waals surface area contributed by atoms with Crippen LogP contribution in [0.15, 0.2) is 63.1 Å². The highest BCUT2D eigenvalue weighted by molar-refractivity contribution is 9.10. The summed E-state index contributed by atoms with van der Waals surface area (Å²) >= 11 is 5.00. The number of pyridine rings is 2. The number of aryl methyl sites for hydroxylation is 1. The number of thioether (sulfide) groups is 1. The van der Waals surface area contributed by atoms with Crippen LogP contribution in [0.4, 0.5) is 0 Å². The molecule has 144 valence electrons. The van der Waals surface area contributed by atoms with Gasteiger partial charge in [0.25, 0.3) is 5.91 Å². The van der Waals surface area contributed by atoms with Crippen molar-refractivity contribution in [2.75, 3.05) is 6.26 Å². The molecule has 0 atom stereocenters. The number of carbonyl (C=O) groups excluding carboxylic acids is 1. The summed E-state index contributed by atoms with van der Waals surface area (Å²) in [6, 6.07) is 9.90. The van der Waals surface area contributed by atoms with Gasteiger partial charge >= 0.3 is 0 Å². The van der Waals surface area contributed by atoms with Crippen molar-refractivity contribution in [3.05, 3.63) is 86.0 Å². The molecule has 28 heavy (non-hydrogen) atoms. The summed E-state index contributed by atoms with van der Waals surface area (Å²) < 4.78 is 2.17. The summed E-state index contributed by atoms with van der Waals surface area (Å²) in [6.07, 6.45) is 7.05. The number of hydrogen-bond acceptors (Lipinski definition) is 4. The fourth-order valence-electron chi connectivity index (χ4n) is 2.79. The van der Waals surface area contributed by atoms with Gasteiger partial charge < -0.3 is 9.88 Å². The fraction of sp³-hybridized carbons (Fsp3) is 0.190. The minimum absolute atomic E-state index is 0.0831. The van der Waals surface area contributed by atoms with Crippen LogP contribution in [0.25, 0.3) is 5.69 Å². The number of benzene rings is 1. The van der Waals surface area contributed by atoms with E-state index in [1.54, 1.807) is 34.9 Å². The molecule has 5 nitrogen and oxygen atoms in total. The van der Waals surface area contributed by atoms with Gasteiger partial charge in [0.2, 0.25) is 5.43 Å². The summed E-state index contributed by atoms with van der Waals surface area (Å²) in [5.41, 5.74) is 3.22. The van der Waals surface area contributed by atoms with Crippen molar-refractivity contribution in [1.29, 1.82) is 0 Å². The number of amides is 1. The van der Waals surface area contributed by atoms with Crippen LogP contribution < -0.4 is 10.7 Å². The van der Waals surface area contributed by atoms with Crippen molar-refractivity contribution in [3.8, 4) is 5.69 Å². The lowest BCUT2D eigenvalue weighted by molar-refractivity contribution is 0.0949. The second kappa shape index (κ2) is 8.75. The second-order valence-corrected chi connectivity index (χ2v) is 8.07. The molecule has 0 fully saturated rings. The first-order valence-corrected chi connectivity index (χ1v) is 10.7. The number of nitrogens with one attached hydrogen (secondary N) is 1. The zero-order chi connectivity index (χ0) is 20.3. The summed E-state index contributed by atoms with van der Waals surface area (Å²) in [6.45, 7) is 4.12. The maximum absolute atomic E-state index is 12.7. The van der Waals surface area contributed by atoms with Crippen LogP contribution in [0.1, 0.15) is 27.2 Å². The molecule has 1 aromatic carbocycles. The van der Waals surface area contributed by atoms with Crippen LogP contribution in [0, 0.1) is 13.8 Å². The molecule has 2 heterocycles. The fourth-order valence-corrected chi connectivity index (χ4v) is 3.61. The standard InChI is InChI=1S/C21H20BrN3O2S/c1-13-8-16(11-23-9-13)25-12-18(20(26)19(22)14(25)2)21(27)24-10-15-4-6-17(28-3)7-5-15/h4-9,11-12H,10H2,1-3H3,(H,24,27). The third-order valence-electron chi connectivity index (χ3n) is 4.38. The van der Waals surface area contributed by atoms with Gasteiger partial charge in [-0.15, -0.1) is 11.8 Å². The number of nitrogens with zero attached hydrogens (tertiary/aromatic N) is 2. The number of hydrogen-bond donors (Lipinski definition) is 1. The Morgan fingerprint density at radius 2 is 1.93 bits per heavy atom. The Labute approximate surface area is 176 Å². The topological polar surface area (TPSA) is 64.0 Å². The zero-order valence-electron chi connectivity index (χ0n) is 15.8. The molecular formula is C21H20BrN3O2S. The van der Waals surface area contributed by atoms with Gasteiger partial charge in [-0.05, 0) is 65.4 Å². The van der Waals surface area contributed by atoms with Crippen molar-refractivity contribution < 1.29 is 4.79 Å². The van der Waals surface area contributed by atoms with Crippen LogP contribution in [0.5, 0.6) is 0 Å². The van der Waals surface area contributed by atoms with Gasteiger partial charge in [0.05, 0.1) is 16.4 Å². The van der Waals surface area contributed by atoms with E-state index in [1.165, 1.54) is 0 Å². The second-order valence-electron chi connectivity index (χ2n) is 6.39. The monoisotopic (exact) mass is 457 g/mol. The third kappa shape index (κ3) is 4.36. The molecule has 3 rings (SSSR count). The summed E-state index contributed by atoms with van der Waals surface area (Å²) in [5.74, 6) is -0.408. The van der Waals surface area contributed by atoms with Crippen LogP contribution >= 0.6 is 27.7 Å². The van der Waals surface area contributed by atoms with E-state index in [9.17, 15) is 9.59 Å². The zero-order valence-corrected chi connectivity index (χ0v) is 18.2. The Balaban J connectivity index is 1.90. The highest BCUT2D eigenvalue weighted by atomic mass is 79.9.